The van der Waals surface area contributed by atoms with Gasteiger partial charge in [-0.15, -0.1) is 0 Å². The second kappa shape index (κ2) is 7.97. The molecule has 1 fully saturated rings. The fourth-order valence-electron chi connectivity index (χ4n) is 3.96. The largest absolute Gasteiger partial charge is 0.371 e. The molecule has 1 aliphatic rings. The minimum atomic E-state index is -0.830. The Hall–Kier alpha value is -2.94. The zero-order chi connectivity index (χ0) is 19.5. The maximum Gasteiger partial charge on any atom is 0.159 e. The summed E-state index contributed by atoms with van der Waals surface area (Å²) >= 11 is 0. The predicted octanol–water partition coefficient (Wildman–Crippen LogP) is 6.48. The van der Waals surface area contributed by atoms with Gasteiger partial charge in [0, 0.05) is 24.7 Å². The lowest BCUT2D eigenvalue weighted by molar-refractivity contribution is 0.295. The van der Waals surface area contributed by atoms with Crippen LogP contribution in [0.3, 0.4) is 0 Å². The van der Waals surface area contributed by atoms with Crippen molar-refractivity contribution in [2.24, 2.45) is 0 Å². The quantitative estimate of drug-likeness (QED) is 0.504. The summed E-state index contributed by atoms with van der Waals surface area (Å²) in [5.74, 6) is -1.16. The maximum atomic E-state index is 13.6. The van der Waals surface area contributed by atoms with Crippen LogP contribution in [0.4, 0.5) is 8.78 Å². The van der Waals surface area contributed by atoms with E-state index in [2.05, 4.69) is 35.7 Å². The highest BCUT2D eigenvalue weighted by Crippen LogP contribution is 2.32. The third-order valence-electron chi connectivity index (χ3n) is 5.52. The Labute approximate surface area is 164 Å². The molecule has 1 unspecified atom stereocenters. The monoisotopic (exact) mass is 375 g/mol. The number of rotatable bonds is 4. The van der Waals surface area contributed by atoms with E-state index in [0.717, 1.165) is 36.3 Å². The lowest BCUT2D eigenvalue weighted by Gasteiger charge is -2.36. The van der Waals surface area contributed by atoms with Crippen molar-refractivity contribution in [1.82, 2.24) is 4.90 Å². The summed E-state index contributed by atoms with van der Waals surface area (Å²) in [5, 5.41) is 0. The van der Waals surface area contributed by atoms with Crippen LogP contribution >= 0.6 is 0 Å². The first kappa shape index (κ1) is 18.4. The normalized spacial score (nSPS) is 16.8. The van der Waals surface area contributed by atoms with Crippen LogP contribution in [0, 0.1) is 11.6 Å². The van der Waals surface area contributed by atoms with Crippen LogP contribution in [-0.4, -0.2) is 18.0 Å². The number of likely N-dealkylation sites (tertiary alicyclic amines) is 1. The molecule has 3 heteroatoms. The second-order valence-corrected chi connectivity index (χ2v) is 7.35. The maximum absolute atomic E-state index is 13.6. The first-order valence-electron chi connectivity index (χ1n) is 9.66. The summed E-state index contributed by atoms with van der Waals surface area (Å²) in [6.07, 6.45) is 2.31. The van der Waals surface area contributed by atoms with Crippen molar-refractivity contribution in [3.05, 3.63) is 102 Å². The first-order chi connectivity index (χ1) is 13.6. The Morgan fingerprint density at radius 1 is 0.857 bits per heavy atom. The molecule has 0 spiro atoms. The fraction of sp³-hybridized carbons (Fsp3) is 0.200. The lowest BCUT2D eigenvalue weighted by atomic mass is 9.90. The average Bonchev–Trinajstić information content (AvgIpc) is 2.76. The number of hydrogen-bond acceptors (Lipinski definition) is 1. The molecule has 1 atom stereocenters. The van der Waals surface area contributed by atoms with Gasteiger partial charge in [0.15, 0.2) is 11.6 Å². The molecule has 4 rings (SSSR count). The van der Waals surface area contributed by atoms with Gasteiger partial charge in [-0.3, -0.25) is 0 Å². The molecule has 28 heavy (non-hydrogen) atoms. The van der Waals surface area contributed by atoms with Gasteiger partial charge in [0.1, 0.15) is 0 Å². The highest BCUT2D eigenvalue weighted by molar-refractivity contribution is 5.71. The molecule has 3 aromatic carbocycles. The van der Waals surface area contributed by atoms with E-state index in [-0.39, 0.29) is 0 Å². The summed E-state index contributed by atoms with van der Waals surface area (Å²) in [6, 6.07) is 22.5. The predicted molar refractivity (Wildman–Crippen MR) is 111 cm³/mol. The van der Waals surface area contributed by atoms with Crippen LogP contribution in [0.25, 0.3) is 16.8 Å². The Bertz CT molecular complexity index is 981. The number of piperidine rings is 1. The minimum Gasteiger partial charge on any atom is -0.371 e. The molecule has 1 heterocycles. The average molecular weight is 375 g/mol. The molecule has 142 valence electrons. The van der Waals surface area contributed by atoms with Gasteiger partial charge in [-0.2, -0.15) is 0 Å². The third kappa shape index (κ3) is 3.84. The van der Waals surface area contributed by atoms with Crippen molar-refractivity contribution in [3.63, 3.8) is 0 Å². The van der Waals surface area contributed by atoms with E-state index in [0.29, 0.717) is 11.5 Å². The van der Waals surface area contributed by atoms with E-state index in [1.807, 2.05) is 30.3 Å². The number of hydrogen-bond donors (Lipinski definition) is 0. The van der Waals surface area contributed by atoms with E-state index >= 15 is 0 Å². The van der Waals surface area contributed by atoms with Crippen molar-refractivity contribution in [1.29, 1.82) is 0 Å². The summed E-state index contributed by atoms with van der Waals surface area (Å²) in [6.45, 7) is 6.26. The highest BCUT2D eigenvalue weighted by Gasteiger charge is 2.22. The molecular formula is C25H23F2N. The standard InChI is InChI=1S/C25H23F2N/c1-18(28-14-6-11-23(17-28)19-7-3-2-4-8-19)20-9-5-10-21(15-20)22-12-13-24(26)25(27)16-22/h2-5,7-10,12-13,15-16,23H,1,6,11,14,17H2. The molecule has 0 amide bonds. The van der Waals surface area contributed by atoms with Crippen molar-refractivity contribution < 1.29 is 8.78 Å². The van der Waals surface area contributed by atoms with Gasteiger partial charge in [0.05, 0.1) is 0 Å². The van der Waals surface area contributed by atoms with Gasteiger partial charge in [-0.25, -0.2) is 8.78 Å². The van der Waals surface area contributed by atoms with Crippen molar-refractivity contribution in [2.75, 3.05) is 13.1 Å². The number of nitrogens with zero attached hydrogens (tertiary/aromatic N) is 1. The van der Waals surface area contributed by atoms with Gasteiger partial charge in [0.2, 0.25) is 0 Å². The lowest BCUT2D eigenvalue weighted by Crippen LogP contribution is -2.32. The number of halogens is 2. The minimum absolute atomic E-state index is 0.501. The number of benzene rings is 3. The first-order valence-corrected chi connectivity index (χ1v) is 9.66. The zero-order valence-corrected chi connectivity index (χ0v) is 15.7. The smallest absolute Gasteiger partial charge is 0.159 e. The molecular weight excluding hydrogens is 352 g/mol. The summed E-state index contributed by atoms with van der Waals surface area (Å²) in [5.41, 5.74) is 4.88. The molecule has 1 aliphatic heterocycles. The molecule has 1 nitrogen and oxygen atoms in total. The van der Waals surface area contributed by atoms with Crippen LogP contribution in [-0.2, 0) is 0 Å². The molecule has 0 saturated carbocycles. The molecule has 0 radical (unpaired) electrons. The van der Waals surface area contributed by atoms with Gasteiger partial charge >= 0.3 is 0 Å². The Morgan fingerprint density at radius 2 is 1.64 bits per heavy atom. The van der Waals surface area contributed by atoms with Crippen LogP contribution in [0.2, 0.25) is 0 Å². The Morgan fingerprint density at radius 3 is 2.43 bits per heavy atom. The Kier molecular flexibility index (Phi) is 5.25. The van der Waals surface area contributed by atoms with Gasteiger partial charge < -0.3 is 4.90 Å². The molecule has 1 saturated heterocycles. The van der Waals surface area contributed by atoms with E-state index < -0.39 is 11.6 Å². The summed E-state index contributed by atoms with van der Waals surface area (Å²) in [4.78, 5) is 2.34. The highest BCUT2D eigenvalue weighted by atomic mass is 19.2. The van der Waals surface area contributed by atoms with Gasteiger partial charge in [0.25, 0.3) is 0 Å². The van der Waals surface area contributed by atoms with Crippen molar-refractivity contribution in [3.8, 4) is 11.1 Å². The van der Waals surface area contributed by atoms with Crippen LogP contribution in [0.5, 0.6) is 0 Å². The van der Waals surface area contributed by atoms with Crippen LogP contribution < -0.4 is 0 Å². The molecule has 0 aliphatic carbocycles. The van der Waals surface area contributed by atoms with Crippen LogP contribution in [0.15, 0.2) is 79.4 Å². The van der Waals surface area contributed by atoms with E-state index in [1.54, 1.807) is 6.07 Å². The SMILES string of the molecule is C=C(c1cccc(-c2ccc(F)c(F)c2)c1)N1CCCC(c2ccccc2)C1. The third-order valence-corrected chi connectivity index (χ3v) is 5.52. The molecule has 0 bridgehead atoms. The van der Waals surface area contributed by atoms with Gasteiger partial charge in [-0.1, -0.05) is 61.2 Å². The molecule has 0 aromatic heterocycles. The van der Waals surface area contributed by atoms with E-state index in [4.69, 9.17) is 0 Å². The summed E-state index contributed by atoms with van der Waals surface area (Å²) < 4.78 is 26.9. The fourth-order valence-corrected chi connectivity index (χ4v) is 3.96. The van der Waals surface area contributed by atoms with Crippen molar-refractivity contribution in [2.45, 2.75) is 18.8 Å². The van der Waals surface area contributed by atoms with Crippen LogP contribution in [0.1, 0.15) is 29.9 Å². The summed E-state index contributed by atoms with van der Waals surface area (Å²) in [7, 11) is 0. The second-order valence-electron chi connectivity index (χ2n) is 7.35. The topological polar surface area (TPSA) is 3.24 Å². The molecule has 0 N–H and O–H groups in total. The zero-order valence-electron chi connectivity index (χ0n) is 15.7. The van der Waals surface area contributed by atoms with Gasteiger partial charge in [-0.05, 0) is 53.3 Å². The Balaban J connectivity index is 1.55. The molecule has 3 aromatic rings. The van der Waals surface area contributed by atoms with E-state index in [1.165, 1.54) is 24.1 Å². The van der Waals surface area contributed by atoms with Crippen molar-refractivity contribution >= 4 is 5.70 Å². The van der Waals surface area contributed by atoms with E-state index in [9.17, 15) is 8.78 Å².